The third-order valence-electron chi connectivity index (χ3n) is 0. The van der Waals surface area contributed by atoms with Crippen LogP contribution in [0.3, 0.4) is 0 Å². The van der Waals surface area contributed by atoms with Gasteiger partial charge >= 0.3 is 21.7 Å². The smallest absolute Gasteiger partial charge is 2.00 e. The molecule has 24 valence electrons. The molecule has 0 bridgehead atoms. The van der Waals surface area contributed by atoms with E-state index in [1.807, 2.05) is 0 Å². The van der Waals surface area contributed by atoms with Crippen LogP contribution in [-0.4, -0.2) is 0 Å². The van der Waals surface area contributed by atoms with E-state index in [9.17, 15) is 0 Å². The number of hydrogen-bond donors (Lipinski definition) is 0. The van der Waals surface area contributed by atoms with Gasteiger partial charge in [0, 0.05) is 0 Å². The molecule has 1 atom stereocenters. The summed E-state index contributed by atoms with van der Waals surface area (Å²) < 4.78 is 0. The molecule has 4 heteroatoms. The van der Waals surface area contributed by atoms with Gasteiger partial charge in [-0.1, -0.05) is 0 Å². The van der Waals surface area contributed by atoms with Gasteiger partial charge in [-0.05, 0) is 0 Å². The fourth-order valence-electron chi connectivity index (χ4n) is 0. The van der Waals surface area contributed by atoms with Crippen molar-refractivity contribution in [3.63, 3.8) is 0 Å². The summed E-state index contributed by atoms with van der Waals surface area (Å²) in [5.74, 6) is 0. The Bertz CT molecular complexity index is 6.00. The van der Waals surface area contributed by atoms with Crippen LogP contribution in [0.2, 0.25) is 0 Å². The summed E-state index contributed by atoms with van der Waals surface area (Å²) in [5.41, 5.74) is 0. The maximum absolute atomic E-state index is 0. The average Bonchev–Trinajstić information content (AvgIpc) is 0. The quantitative estimate of drug-likeness (QED) is 0.309. The van der Waals surface area contributed by atoms with Gasteiger partial charge in [0.25, 0.3) is 0 Å². The molecule has 0 heterocycles. The van der Waals surface area contributed by atoms with Crippen molar-refractivity contribution in [1.29, 1.82) is 0 Å². The molecular formula is H3O2PTi. The van der Waals surface area contributed by atoms with Crippen molar-refractivity contribution in [3.05, 3.63) is 0 Å². The number of rotatable bonds is 0. The fraction of sp³-hybridized carbons (Fsp3) is 0. The van der Waals surface area contributed by atoms with E-state index >= 15 is 0 Å². The van der Waals surface area contributed by atoms with Crippen molar-refractivity contribution >= 4 is 9.90 Å². The van der Waals surface area contributed by atoms with Crippen LogP contribution in [0.4, 0.5) is 0 Å². The first kappa shape index (κ1) is 73.9. The van der Waals surface area contributed by atoms with Crippen LogP contribution in [0.5, 0.6) is 0 Å². The normalized spacial score (nSPS) is 0. The summed E-state index contributed by atoms with van der Waals surface area (Å²) in [6, 6.07) is 0. The second kappa shape index (κ2) is 33.7. The van der Waals surface area contributed by atoms with Gasteiger partial charge in [-0.25, -0.2) is 0 Å². The molecule has 0 fully saturated rings. The van der Waals surface area contributed by atoms with Gasteiger partial charge in [0.1, 0.15) is 0 Å². The van der Waals surface area contributed by atoms with E-state index in [-0.39, 0.29) is 42.6 Å². The van der Waals surface area contributed by atoms with E-state index in [0.717, 1.165) is 0 Å². The zero-order valence-corrected chi connectivity index (χ0v) is 5.00. The van der Waals surface area contributed by atoms with E-state index in [1.165, 1.54) is 0 Å². The monoisotopic (exact) mass is 114 g/mol. The van der Waals surface area contributed by atoms with Crippen molar-refractivity contribution in [1.82, 2.24) is 0 Å². The SMILES string of the molecule is P.[O-2].[O-2].[Ti+4]. The van der Waals surface area contributed by atoms with Crippen molar-refractivity contribution in [2.24, 2.45) is 0 Å². The van der Waals surface area contributed by atoms with E-state index in [2.05, 4.69) is 0 Å². The summed E-state index contributed by atoms with van der Waals surface area (Å²) in [4.78, 5) is 0. The van der Waals surface area contributed by atoms with Crippen LogP contribution in [0.15, 0.2) is 0 Å². The second-order valence-electron chi connectivity index (χ2n) is 0. The fourth-order valence-corrected chi connectivity index (χ4v) is 0. The molecule has 0 aromatic heterocycles. The summed E-state index contributed by atoms with van der Waals surface area (Å²) in [6.07, 6.45) is 0. The van der Waals surface area contributed by atoms with Crippen molar-refractivity contribution in [3.8, 4) is 0 Å². The third kappa shape index (κ3) is 11.5. The Hall–Kier alpha value is 1.06. The molecule has 1 unspecified atom stereocenters. The minimum absolute atomic E-state index is 0. The molecule has 0 spiro atoms. The van der Waals surface area contributed by atoms with Crippen LogP contribution in [-0.2, 0) is 32.7 Å². The van der Waals surface area contributed by atoms with Crippen LogP contribution >= 0.6 is 9.90 Å². The van der Waals surface area contributed by atoms with Gasteiger partial charge in [0.2, 0.25) is 0 Å². The zero-order chi connectivity index (χ0) is 0. The molecule has 0 saturated carbocycles. The zero-order valence-electron chi connectivity index (χ0n) is 2.02. The molecule has 0 aliphatic heterocycles. The molecule has 0 aliphatic rings. The van der Waals surface area contributed by atoms with Crippen LogP contribution in [0, 0.1) is 0 Å². The Balaban J connectivity index is 0. The predicted octanol–water partition coefficient (Wildman–Crippen LogP) is -0.182. The standard InChI is InChI=1S/2O.H3P.Ti/h;;1H3;/q2*-2;;+4. The summed E-state index contributed by atoms with van der Waals surface area (Å²) in [5, 5.41) is 0. The minimum atomic E-state index is 0. The summed E-state index contributed by atoms with van der Waals surface area (Å²) >= 11 is 0. The Morgan fingerprint density at radius 3 is 0.750 bits per heavy atom. The minimum Gasteiger partial charge on any atom is -2.00 e. The molecule has 4 heavy (non-hydrogen) atoms. The van der Waals surface area contributed by atoms with Crippen LogP contribution in [0.25, 0.3) is 0 Å². The van der Waals surface area contributed by atoms with Gasteiger partial charge in [0.15, 0.2) is 0 Å². The molecule has 0 aliphatic carbocycles. The third-order valence-corrected chi connectivity index (χ3v) is 0. The molecule has 0 N–H and O–H groups in total. The van der Waals surface area contributed by atoms with E-state index in [4.69, 9.17) is 0 Å². The van der Waals surface area contributed by atoms with Crippen LogP contribution < -0.4 is 0 Å². The van der Waals surface area contributed by atoms with Gasteiger partial charge in [-0.15, -0.1) is 0 Å². The topological polar surface area (TPSA) is 57.0 Å². The molecule has 0 rings (SSSR count). The Morgan fingerprint density at radius 2 is 0.750 bits per heavy atom. The summed E-state index contributed by atoms with van der Waals surface area (Å²) in [6.45, 7) is 0. The molecule has 0 aromatic carbocycles. The maximum Gasteiger partial charge on any atom is 4.00 e. The molecule has 0 radical (unpaired) electrons. The van der Waals surface area contributed by atoms with Gasteiger partial charge in [0.05, 0.1) is 0 Å². The van der Waals surface area contributed by atoms with Gasteiger partial charge in [-0.2, -0.15) is 9.90 Å². The largest absolute Gasteiger partial charge is 4.00 e. The molecule has 2 nitrogen and oxygen atoms in total. The first-order chi connectivity index (χ1) is 0. The predicted molar refractivity (Wildman–Crippen MR) is 12.5 cm³/mol. The van der Waals surface area contributed by atoms with E-state index < -0.39 is 0 Å². The molecule has 0 amide bonds. The Labute approximate surface area is 43.1 Å². The molecule has 0 saturated heterocycles. The number of hydrogen-bond acceptors (Lipinski definition) is 0. The Morgan fingerprint density at radius 1 is 0.750 bits per heavy atom. The van der Waals surface area contributed by atoms with Gasteiger partial charge in [-0.3, -0.25) is 0 Å². The van der Waals surface area contributed by atoms with E-state index in [0.29, 0.717) is 0 Å². The Kier molecular flexibility index (Phi) is 622. The van der Waals surface area contributed by atoms with Crippen molar-refractivity contribution in [2.75, 3.05) is 0 Å². The van der Waals surface area contributed by atoms with Gasteiger partial charge < -0.3 is 11.0 Å². The summed E-state index contributed by atoms with van der Waals surface area (Å²) in [7, 11) is 0. The van der Waals surface area contributed by atoms with E-state index in [1.54, 1.807) is 0 Å². The van der Waals surface area contributed by atoms with Crippen LogP contribution in [0.1, 0.15) is 0 Å². The first-order valence-corrected chi connectivity index (χ1v) is 0. The molecule has 0 aromatic rings. The van der Waals surface area contributed by atoms with Crippen molar-refractivity contribution < 1.29 is 32.7 Å². The van der Waals surface area contributed by atoms with Crippen molar-refractivity contribution in [2.45, 2.75) is 0 Å². The first-order valence-electron chi connectivity index (χ1n) is 0. The second-order valence-corrected chi connectivity index (χ2v) is 0. The average molecular weight is 114 g/mol. The molecular weight excluding hydrogens is 111 g/mol. The maximum atomic E-state index is 0.